The SMILES string of the molecule is O=C1CC(C(=O)N2CCc3ccccc3C2)CN1Cc1ccc2c(c1)OCO2. The minimum absolute atomic E-state index is 0.0356. The Balaban J connectivity index is 1.24. The molecule has 0 bridgehead atoms. The molecule has 1 atom stereocenters. The molecule has 6 heteroatoms. The van der Waals surface area contributed by atoms with Gasteiger partial charge < -0.3 is 19.3 Å². The molecule has 1 fully saturated rings. The van der Waals surface area contributed by atoms with E-state index in [0.29, 0.717) is 31.8 Å². The molecule has 144 valence electrons. The zero-order chi connectivity index (χ0) is 19.1. The molecular formula is C22H22N2O4. The Kier molecular flexibility index (Phi) is 4.19. The van der Waals surface area contributed by atoms with Crippen molar-refractivity contribution in [3.63, 3.8) is 0 Å². The minimum atomic E-state index is -0.258. The lowest BCUT2D eigenvalue weighted by Gasteiger charge is -2.30. The second-order valence-corrected chi connectivity index (χ2v) is 7.64. The van der Waals surface area contributed by atoms with Crippen LogP contribution in [0.15, 0.2) is 42.5 Å². The first-order chi connectivity index (χ1) is 13.7. The molecule has 0 aliphatic carbocycles. The zero-order valence-corrected chi connectivity index (χ0v) is 15.6. The molecule has 0 saturated carbocycles. The van der Waals surface area contributed by atoms with Crippen molar-refractivity contribution in [1.82, 2.24) is 9.80 Å². The van der Waals surface area contributed by atoms with E-state index >= 15 is 0 Å². The van der Waals surface area contributed by atoms with Crippen molar-refractivity contribution in [1.29, 1.82) is 0 Å². The highest BCUT2D eigenvalue weighted by Gasteiger charge is 2.37. The van der Waals surface area contributed by atoms with E-state index in [1.54, 1.807) is 4.90 Å². The summed E-state index contributed by atoms with van der Waals surface area (Å²) in [4.78, 5) is 29.2. The maximum absolute atomic E-state index is 13.0. The molecule has 28 heavy (non-hydrogen) atoms. The van der Waals surface area contributed by atoms with E-state index in [0.717, 1.165) is 24.3 Å². The number of carbonyl (C=O) groups excluding carboxylic acids is 2. The highest BCUT2D eigenvalue weighted by atomic mass is 16.7. The van der Waals surface area contributed by atoms with Crippen LogP contribution in [-0.4, -0.2) is 41.5 Å². The van der Waals surface area contributed by atoms with Crippen LogP contribution in [-0.2, 0) is 29.1 Å². The first kappa shape index (κ1) is 17.1. The van der Waals surface area contributed by atoms with Gasteiger partial charge in [0, 0.05) is 32.6 Å². The van der Waals surface area contributed by atoms with Crippen LogP contribution in [0.4, 0.5) is 0 Å². The Bertz CT molecular complexity index is 942. The number of benzene rings is 2. The van der Waals surface area contributed by atoms with E-state index in [-0.39, 0.29) is 24.5 Å². The van der Waals surface area contributed by atoms with Crippen molar-refractivity contribution >= 4 is 11.8 Å². The largest absolute Gasteiger partial charge is 0.454 e. The second-order valence-electron chi connectivity index (χ2n) is 7.64. The summed E-state index contributed by atoms with van der Waals surface area (Å²) in [6.45, 7) is 2.56. The van der Waals surface area contributed by atoms with Gasteiger partial charge >= 0.3 is 0 Å². The summed E-state index contributed by atoms with van der Waals surface area (Å²) < 4.78 is 10.7. The first-order valence-electron chi connectivity index (χ1n) is 9.69. The standard InChI is InChI=1S/C22H22N2O4/c25-21-10-18(22(26)23-8-7-16-3-1-2-4-17(16)12-23)13-24(21)11-15-5-6-19-20(9-15)28-14-27-19/h1-6,9,18H,7-8,10-14H2. The fourth-order valence-electron chi connectivity index (χ4n) is 4.29. The lowest BCUT2D eigenvalue weighted by molar-refractivity contribution is -0.136. The summed E-state index contributed by atoms with van der Waals surface area (Å²) >= 11 is 0. The van der Waals surface area contributed by atoms with Crippen molar-refractivity contribution in [2.45, 2.75) is 25.9 Å². The first-order valence-corrected chi connectivity index (χ1v) is 9.69. The molecule has 0 radical (unpaired) electrons. The second kappa shape index (κ2) is 6.86. The van der Waals surface area contributed by atoms with E-state index < -0.39 is 0 Å². The van der Waals surface area contributed by atoms with Crippen molar-refractivity contribution in [3.05, 3.63) is 59.2 Å². The molecular weight excluding hydrogens is 356 g/mol. The Hall–Kier alpha value is -3.02. The number of carbonyl (C=O) groups is 2. The molecule has 0 aromatic heterocycles. The number of amides is 2. The molecule has 3 aliphatic heterocycles. The molecule has 5 rings (SSSR count). The average molecular weight is 378 g/mol. The summed E-state index contributed by atoms with van der Waals surface area (Å²) in [6.07, 6.45) is 1.17. The van der Waals surface area contributed by atoms with Crippen molar-refractivity contribution in [2.24, 2.45) is 5.92 Å². The van der Waals surface area contributed by atoms with Gasteiger partial charge in [-0.2, -0.15) is 0 Å². The molecule has 3 aliphatic rings. The maximum atomic E-state index is 13.0. The molecule has 2 aromatic carbocycles. The van der Waals surface area contributed by atoms with Crippen LogP contribution in [0, 0.1) is 5.92 Å². The van der Waals surface area contributed by atoms with Crippen LogP contribution >= 0.6 is 0 Å². The third-order valence-corrected chi connectivity index (χ3v) is 5.82. The summed E-state index contributed by atoms with van der Waals surface area (Å²) in [7, 11) is 0. The van der Waals surface area contributed by atoms with Crippen molar-refractivity contribution in [2.75, 3.05) is 19.9 Å². The fraction of sp³-hybridized carbons (Fsp3) is 0.364. The van der Waals surface area contributed by atoms with E-state index in [2.05, 4.69) is 12.1 Å². The quantitative estimate of drug-likeness (QED) is 0.823. The zero-order valence-electron chi connectivity index (χ0n) is 15.6. The molecule has 2 aromatic rings. The number of hydrogen-bond donors (Lipinski definition) is 0. The van der Waals surface area contributed by atoms with Gasteiger partial charge in [0.25, 0.3) is 0 Å². The topological polar surface area (TPSA) is 59.1 Å². The van der Waals surface area contributed by atoms with Gasteiger partial charge in [-0.25, -0.2) is 0 Å². The lowest BCUT2D eigenvalue weighted by atomic mass is 9.98. The monoisotopic (exact) mass is 378 g/mol. The molecule has 3 heterocycles. The molecule has 0 spiro atoms. The van der Waals surface area contributed by atoms with Gasteiger partial charge in [0.05, 0.1) is 5.92 Å². The average Bonchev–Trinajstić information content (AvgIpc) is 3.33. The Morgan fingerprint density at radius 2 is 1.89 bits per heavy atom. The van der Waals surface area contributed by atoms with Crippen LogP contribution < -0.4 is 9.47 Å². The number of ether oxygens (including phenoxy) is 2. The summed E-state index contributed by atoms with van der Waals surface area (Å²) in [6, 6.07) is 14.0. The number of fused-ring (bicyclic) bond motifs is 2. The highest BCUT2D eigenvalue weighted by molar-refractivity contribution is 5.89. The van der Waals surface area contributed by atoms with Crippen LogP contribution in [0.25, 0.3) is 0 Å². The van der Waals surface area contributed by atoms with Gasteiger partial charge in [0.1, 0.15) is 0 Å². The Labute approximate surface area is 163 Å². The lowest BCUT2D eigenvalue weighted by Crippen LogP contribution is -2.40. The van der Waals surface area contributed by atoms with Crippen LogP contribution in [0.2, 0.25) is 0 Å². The van der Waals surface area contributed by atoms with Crippen molar-refractivity contribution < 1.29 is 19.1 Å². The predicted octanol–water partition coefficient (Wildman–Crippen LogP) is 2.35. The fourth-order valence-corrected chi connectivity index (χ4v) is 4.29. The van der Waals surface area contributed by atoms with E-state index in [1.165, 1.54) is 11.1 Å². The predicted molar refractivity (Wildman–Crippen MR) is 102 cm³/mol. The van der Waals surface area contributed by atoms with Gasteiger partial charge in [-0.15, -0.1) is 0 Å². The van der Waals surface area contributed by atoms with E-state index in [9.17, 15) is 9.59 Å². The summed E-state index contributed by atoms with van der Waals surface area (Å²) in [5, 5.41) is 0. The van der Waals surface area contributed by atoms with Crippen LogP contribution in [0.3, 0.4) is 0 Å². The minimum Gasteiger partial charge on any atom is -0.454 e. The third-order valence-electron chi connectivity index (χ3n) is 5.82. The summed E-state index contributed by atoms with van der Waals surface area (Å²) in [5.41, 5.74) is 3.51. The van der Waals surface area contributed by atoms with Crippen molar-refractivity contribution in [3.8, 4) is 11.5 Å². The molecule has 6 nitrogen and oxygen atoms in total. The summed E-state index contributed by atoms with van der Waals surface area (Å²) in [5.74, 6) is 1.31. The number of nitrogens with zero attached hydrogens (tertiary/aromatic N) is 2. The van der Waals surface area contributed by atoms with Gasteiger partial charge in [-0.1, -0.05) is 30.3 Å². The van der Waals surface area contributed by atoms with Gasteiger partial charge in [0.15, 0.2) is 11.5 Å². The number of likely N-dealkylation sites (tertiary alicyclic amines) is 1. The molecule has 0 N–H and O–H groups in total. The van der Waals surface area contributed by atoms with Gasteiger partial charge in [0.2, 0.25) is 18.6 Å². The van der Waals surface area contributed by atoms with Gasteiger partial charge in [-0.3, -0.25) is 9.59 Å². The number of rotatable bonds is 3. The van der Waals surface area contributed by atoms with E-state index in [4.69, 9.17) is 9.47 Å². The molecule has 1 saturated heterocycles. The molecule has 2 amide bonds. The smallest absolute Gasteiger partial charge is 0.231 e. The molecule has 1 unspecified atom stereocenters. The Morgan fingerprint density at radius 1 is 1.07 bits per heavy atom. The third kappa shape index (κ3) is 3.09. The normalized spacial score (nSPS) is 20.4. The highest BCUT2D eigenvalue weighted by Crippen LogP contribution is 2.33. The van der Waals surface area contributed by atoms with Crippen LogP contribution in [0.5, 0.6) is 11.5 Å². The number of hydrogen-bond acceptors (Lipinski definition) is 4. The van der Waals surface area contributed by atoms with Gasteiger partial charge in [-0.05, 0) is 35.2 Å². The Morgan fingerprint density at radius 3 is 2.79 bits per heavy atom. The maximum Gasteiger partial charge on any atom is 0.231 e. The van der Waals surface area contributed by atoms with E-state index in [1.807, 2.05) is 35.2 Å². The van der Waals surface area contributed by atoms with Crippen LogP contribution in [0.1, 0.15) is 23.1 Å².